The lowest BCUT2D eigenvalue weighted by Crippen LogP contribution is -2.47. The molecule has 0 aliphatic heterocycles. The third-order valence-corrected chi connectivity index (χ3v) is 4.20. The fourth-order valence-electron chi connectivity index (χ4n) is 2.64. The molecule has 0 radical (unpaired) electrons. The van der Waals surface area contributed by atoms with Crippen molar-refractivity contribution < 1.29 is 27.8 Å². The van der Waals surface area contributed by atoms with Crippen LogP contribution in [0.2, 0.25) is 0 Å². The maximum absolute atomic E-state index is 13.7. The van der Waals surface area contributed by atoms with Gasteiger partial charge in [0.05, 0.1) is 7.11 Å². The van der Waals surface area contributed by atoms with Gasteiger partial charge in [0.15, 0.2) is 0 Å². The Morgan fingerprint density at radius 1 is 0.846 bits per heavy atom. The van der Waals surface area contributed by atoms with E-state index in [2.05, 4.69) is 0 Å². The van der Waals surface area contributed by atoms with E-state index in [-0.39, 0.29) is 11.3 Å². The van der Waals surface area contributed by atoms with Crippen LogP contribution in [0.5, 0.6) is 11.5 Å². The first-order valence-corrected chi connectivity index (χ1v) is 7.89. The van der Waals surface area contributed by atoms with Gasteiger partial charge in [-0.2, -0.15) is 13.2 Å². The fourth-order valence-corrected chi connectivity index (χ4v) is 2.64. The van der Waals surface area contributed by atoms with Crippen LogP contribution in [0, 0.1) is 0 Å². The lowest BCUT2D eigenvalue weighted by atomic mass is 9.92. The number of halogens is 3. The Hall–Kier alpha value is -2.73. The normalized spacial score (nSPS) is 14.0. The summed E-state index contributed by atoms with van der Waals surface area (Å²) >= 11 is 0. The molecule has 1 atom stereocenters. The molecule has 136 valence electrons. The molecule has 0 fully saturated rings. The largest absolute Gasteiger partial charge is 0.497 e. The first-order chi connectivity index (χ1) is 12.3. The Balaban J connectivity index is 1.92. The van der Waals surface area contributed by atoms with E-state index >= 15 is 0 Å². The Labute approximate surface area is 148 Å². The second kappa shape index (κ2) is 6.88. The van der Waals surface area contributed by atoms with Gasteiger partial charge in [-0.05, 0) is 46.7 Å². The molecule has 0 spiro atoms. The Morgan fingerprint density at radius 3 is 2.08 bits per heavy atom. The van der Waals surface area contributed by atoms with Crippen molar-refractivity contribution in [3.8, 4) is 11.5 Å². The number of aliphatic hydroxyl groups is 1. The van der Waals surface area contributed by atoms with Gasteiger partial charge in [0.1, 0.15) is 18.1 Å². The Kier molecular flexibility index (Phi) is 4.78. The number of hydrogen-bond acceptors (Lipinski definition) is 3. The zero-order valence-corrected chi connectivity index (χ0v) is 14.0. The second-order valence-electron chi connectivity index (χ2n) is 5.88. The molecule has 0 amide bonds. The SMILES string of the molecule is COc1ccc(OCC(O)(c2ccc3ccccc3c2)C(F)(F)F)cc1. The second-order valence-corrected chi connectivity index (χ2v) is 5.88. The number of hydrogen-bond donors (Lipinski definition) is 1. The summed E-state index contributed by atoms with van der Waals surface area (Å²) < 4.78 is 51.2. The van der Waals surface area contributed by atoms with Crippen molar-refractivity contribution >= 4 is 10.8 Å². The topological polar surface area (TPSA) is 38.7 Å². The van der Waals surface area contributed by atoms with E-state index in [0.29, 0.717) is 11.1 Å². The van der Waals surface area contributed by atoms with Crippen molar-refractivity contribution in [1.82, 2.24) is 0 Å². The molecule has 0 heterocycles. The summed E-state index contributed by atoms with van der Waals surface area (Å²) in [4.78, 5) is 0. The van der Waals surface area contributed by atoms with Gasteiger partial charge >= 0.3 is 6.18 Å². The van der Waals surface area contributed by atoms with Crippen molar-refractivity contribution in [3.05, 3.63) is 72.3 Å². The van der Waals surface area contributed by atoms with Crippen LogP contribution in [0.25, 0.3) is 10.8 Å². The fraction of sp³-hybridized carbons (Fsp3) is 0.200. The minimum absolute atomic E-state index is 0.203. The van der Waals surface area contributed by atoms with Crippen LogP contribution in [0.15, 0.2) is 66.7 Å². The zero-order valence-electron chi connectivity index (χ0n) is 14.0. The maximum Gasteiger partial charge on any atom is 0.424 e. The first kappa shape index (κ1) is 18.1. The number of ether oxygens (including phenoxy) is 2. The molecule has 3 rings (SSSR count). The van der Waals surface area contributed by atoms with E-state index in [1.54, 1.807) is 42.5 Å². The molecule has 0 aromatic heterocycles. The van der Waals surface area contributed by atoms with Gasteiger partial charge in [-0.15, -0.1) is 0 Å². The highest BCUT2D eigenvalue weighted by Crippen LogP contribution is 2.40. The van der Waals surface area contributed by atoms with Gasteiger partial charge in [0, 0.05) is 0 Å². The summed E-state index contributed by atoms with van der Waals surface area (Å²) in [5.74, 6) is 0.757. The quantitative estimate of drug-likeness (QED) is 0.716. The lowest BCUT2D eigenvalue weighted by molar-refractivity contribution is -0.275. The smallest absolute Gasteiger partial charge is 0.424 e. The first-order valence-electron chi connectivity index (χ1n) is 7.89. The molecule has 6 heteroatoms. The standard InChI is InChI=1S/C20H17F3O3/c1-25-17-8-10-18(11-9-17)26-13-19(24,20(21,22)23)16-7-6-14-4-2-3-5-15(14)12-16/h2-12,24H,13H2,1H3. The molecule has 3 nitrogen and oxygen atoms in total. The van der Waals surface area contributed by atoms with Crippen molar-refractivity contribution in [2.75, 3.05) is 13.7 Å². The number of rotatable bonds is 5. The minimum atomic E-state index is -4.90. The van der Waals surface area contributed by atoms with E-state index in [9.17, 15) is 18.3 Å². The van der Waals surface area contributed by atoms with Gasteiger partial charge in [-0.1, -0.05) is 36.4 Å². The molecule has 1 N–H and O–H groups in total. The van der Waals surface area contributed by atoms with Crippen LogP contribution in [-0.2, 0) is 5.60 Å². The number of benzene rings is 3. The van der Waals surface area contributed by atoms with Crippen molar-refractivity contribution in [3.63, 3.8) is 0 Å². The van der Waals surface area contributed by atoms with Gasteiger partial charge in [-0.25, -0.2) is 0 Å². The van der Waals surface area contributed by atoms with Crippen molar-refractivity contribution in [2.45, 2.75) is 11.8 Å². The molecular formula is C20H17F3O3. The highest BCUT2D eigenvalue weighted by Gasteiger charge is 2.56. The molecule has 26 heavy (non-hydrogen) atoms. The molecular weight excluding hydrogens is 345 g/mol. The number of methoxy groups -OCH3 is 1. The predicted molar refractivity (Wildman–Crippen MR) is 92.4 cm³/mol. The van der Waals surface area contributed by atoms with Crippen LogP contribution in [0.4, 0.5) is 13.2 Å². The van der Waals surface area contributed by atoms with Gasteiger partial charge in [0.2, 0.25) is 5.60 Å². The minimum Gasteiger partial charge on any atom is -0.497 e. The summed E-state index contributed by atoms with van der Waals surface area (Å²) in [5.41, 5.74) is -3.39. The van der Waals surface area contributed by atoms with Crippen LogP contribution >= 0.6 is 0 Å². The third-order valence-electron chi connectivity index (χ3n) is 4.20. The number of fused-ring (bicyclic) bond motifs is 1. The Morgan fingerprint density at radius 2 is 1.46 bits per heavy atom. The van der Waals surface area contributed by atoms with E-state index in [1.807, 2.05) is 0 Å². The molecule has 0 aliphatic rings. The van der Waals surface area contributed by atoms with Gasteiger partial charge in [-0.3, -0.25) is 0 Å². The van der Waals surface area contributed by atoms with Crippen LogP contribution in [0.1, 0.15) is 5.56 Å². The summed E-state index contributed by atoms with van der Waals surface area (Å²) in [7, 11) is 1.48. The summed E-state index contributed by atoms with van der Waals surface area (Å²) in [5, 5.41) is 11.9. The van der Waals surface area contributed by atoms with Gasteiger partial charge in [0.25, 0.3) is 0 Å². The van der Waals surface area contributed by atoms with E-state index in [1.165, 1.54) is 31.4 Å². The maximum atomic E-state index is 13.7. The molecule has 3 aromatic rings. The summed E-state index contributed by atoms with van der Waals surface area (Å²) in [6, 6.07) is 17.3. The average molecular weight is 362 g/mol. The van der Waals surface area contributed by atoms with E-state index < -0.39 is 18.4 Å². The van der Waals surface area contributed by atoms with Crippen molar-refractivity contribution in [1.29, 1.82) is 0 Å². The van der Waals surface area contributed by atoms with Crippen LogP contribution in [0.3, 0.4) is 0 Å². The number of alkyl halides is 3. The molecule has 0 saturated carbocycles. The van der Waals surface area contributed by atoms with E-state index in [4.69, 9.17) is 9.47 Å². The molecule has 0 bridgehead atoms. The third kappa shape index (κ3) is 3.46. The monoisotopic (exact) mass is 362 g/mol. The van der Waals surface area contributed by atoms with Crippen molar-refractivity contribution in [2.24, 2.45) is 0 Å². The molecule has 3 aromatic carbocycles. The molecule has 0 saturated heterocycles. The highest BCUT2D eigenvalue weighted by atomic mass is 19.4. The van der Waals surface area contributed by atoms with Crippen LogP contribution in [-0.4, -0.2) is 25.0 Å². The van der Waals surface area contributed by atoms with Gasteiger partial charge < -0.3 is 14.6 Å². The zero-order chi connectivity index (χ0) is 18.8. The Bertz CT molecular complexity index is 891. The summed E-state index contributed by atoms with van der Waals surface area (Å²) in [6.45, 7) is -0.957. The van der Waals surface area contributed by atoms with Crippen LogP contribution < -0.4 is 9.47 Å². The lowest BCUT2D eigenvalue weighted by Gasteiger charge is -2.31. The highest BCUT2D eigenvalue weighted by molar-refractivity contribution is 5.83. The average Bonchev–Trinajstić information content (AvgIpc) is 2.65. The summed E-state index contributed by atoms with van der Waals surface area (Å²) in [6.07, 6.45) is -4.90. The predicted octanol–water partition coefficient (Wildman–Crippen LogP) is 4.68. The molecule has 0 aliphatic carbocycles. The molecule has 1 unspecified atom stereocenters. The van der Waals surface area contributed by atoms with E-state index in [0.717, 1.165) is 5.39 Å².